The van der Waals surface area contributed by atoms with Gasteiger partial charge in [0.25, 0.3) is 11.8 Å². The number of amides is 8. The van der Waals surface area contributed by atoms with Gasteiger partial charge in [-0.25, -0.2) is 0 Å². The predicted molar refractivity (Wildman–Crippen MR) is 199 cm³/mol. The maximum Gasteiger partial charge on any atom is 0.253 e. The summed E-state index contributed by atoms with van der Waals surface area (Å²) in [6, 6.07) is -0.842. The minimum absolute atomic E-state index is 0.00869. The molecule has 1 fully saturated rings. The van der Waals surface area contributed by atoms with E-state index in [2.05, 4.69) is 35.1 Å². The van der Waals surface area contributed by atoms with E-state index in [1.54, 1.807) is 11.8 Å². The lowest BCUT2D eigenvalue weighted by Gasteiger charge is -2.22. The van der Waals surface area contributed by atoms with Crippen LogP contribution in [0.1, 0.15) is 105 Å². The average molecular weight is 749 g/mol. The van der Waals surface area contributed by atoms with Crippen LogP contribution < -0.4 is 21.3 Å². The molecule has 2 aliphatic rings. The first-order chi connectivity index (χ1) is 24.7. The average Bonchev–Trinajstić information content (AvgIpc) is 3.56. The van der Waals surface area contributed by atoms with Crippen molar-refractivity contribution in [2.45, 2.75) is 117 Å². The molecule has 2 heterocycles. The predicted octanol–water partition coefficient (Wildman–Crippen LogP) is 2.45. The minimum Gasteiger partial charge on any atom is -0.356 e. The van der Waals surface area contributed by atoms with Crippen LogP contribution in [0.25, 0.3) is 0 Å². The molecule has 0 bridgehead atoms. The van der Waals surface area contributed by atoms with Crippen molar-refractivity contribution in [3.63, 3.8) is 0 Å². The van der Waals surface area contributed by atoms with E-state index in [0.29, 0.717) is 50.6 Å². The first kappa shape index (κ1) is 44.4. The number of rotatable bonds is 26. The minimum atomic E-state index is -0.842. The van der Waals surface area contributed by atoms with E-state index in [0.717, 1.165) is 41.2 Å². The summed E-state index contributed by atoms with van der Waals surface area (Å²) in [6.07, 6.45) is 7.51. The maximum atomic E-state index is 13.2. The van der Waals surface area contributed by atoms with Gasteiger partial charge in [0.05, 0.1) is 5.92 Å². The number of unbranched alkanes of at least 4 members (excludes halogenated alkanes) is 4. The highest BCUT2D eigenvalue weighted by molar-refractivity contribution is 7.99. The highest BCUT2D eigenvalue weighted by Crippen LogP contribution is 2.31. The van der Waals surface area contributed by atoms with Crippen molar-refractivity contribution in [2.24, 2.45) is 17.8 Å². The van der Waals surface area contributed by atoms with E-state index in [4.69, 9.17) is 0 Å². The third-order valence-electron chi connectivity index (χ3n) is 9.39. The van der Waals surface area contributed by atoms with Crippen LogP contribution in [0.4, 0.5) is 0 Å². The summed E-state index contributed by atoms with van der Waals surface area (Å²) < 4.78 is 0. The summed E-state index contributed by atoms with van der Waals surface area (Å²) >= 11 is 1.76. The third-order valence-corrected chi connectivity index (χ3v) is 10.5. The van der Waals surface area contributed by atoms with Crippen LogP contribution in [-0.2, 0) is 38.4 Å². The van der Waals surface area contributed by atoms with Gasteiger partial charge in [0.15, 0.2) is 0 Å². The highest BCUT2D eigenvalue weighted by atomic mass is 32.2. The Hall–Kier alpha value is -3.75. The molecule has 3 atom stereocenters. The molecule has 2 aliphatic heterocycles. The number of carbonyl (C=O) groups is 8. The van der Waals surface area contributed by atoms with Crippen molar-refractivity contribution in [2.75, 3.05) is 38.5 Å². The lowest BCUT2D eigenvalue weighted by molar-refractivity contribution is -0.141. The van der Waals surface area contributed by atoms with Crippen molar-refractivity contribution in [1.29, 1.82) is 0 Å². The highest BCUT2D eigenvalue weighted by Gasteiger charge is 2.42. The first-order valence-electron chi connectivity index (χ1n) is 18.8. The van der Waals surface area contributed by atoms with Crippen molar-refractivity contribution in [3.8, 4) is 0 Å². The molecule has 0 aromatic carbocycles. The fourth-order valence-corrected chi connectivity index (χ4v) is 6.64. The van der Waals surface area contributed by atoms with Gasteiger partial charge in [0.2, 0.25) is 35.4 Å². The number of hydrogen-bond donors (Lipinski definition) is 4. The number of nitrogens with one attached hydrogen (secondary N) is 4. The summed E-state index contributed by atoms with van der Waals surface area (Å²) in [6.45, 7) is 11.5. The van der Waals surface area contributed by atoms with E-state index in [-0.39, 0.29) is 73.7 Å². The zero-order valence-electron chi connectivity index (χ0n) is 31.6. The Bertz CT molecular complexity index is 1270. The van der Waals surface area contributed by atoms with Crippen molar-refractivity contribution in [1.82, 2.24) is 31.1 Å². The van der Waals surface area contributed by atoms with Gasteiger partial charge in [0, 0.05) is 76.3 Å². The molecule has 0 aliphatic carbocycles. The molecular weight excluding hydrogens is 689 g/mol. The monoisotopic (exact) mass is 748 g/mol. The van der Waals surface area contributed by atoms with Gasteiger partial charge in [-0.1, -0.05) is 47.5 Å². The second-order valence-electron chi connectivity index (χ2n) is 14.1. The molecule has 14 nitrogen and oxygen atoms in total. The summed E-state index contributed by atoms with van der Waals surface area (Å²) in [7, 11) is 0. The molecule has 0 saturated carbocycles. The summed E-state index contributed by atoms with van der Waals surface area (Å²) in [4.78, 5) is 101. The summed E-state index contributed by atoms with van der Waals surface area (Å²) in [5, 5.41) is 11.9. The van der Waals surface area contributed by atoms with E-state index in [1.165, 1.54) is 12.2 Å². The van der Waals surface area contributed by atoms with Gasteiger partial charge < -0.3 is 21.3 Å². The molecule has 2 rings (SSSR count). The molecule has 2 unspecified atom stereocenters. The number of imide groups is 2. The Morgan fingerprint density at radius 2 is 1.25 bits per heavy atom. The van der Waals surface area contributed by atoms with E-state index in [1.807, 2.05) is 20.8 Å². The molecule has 52 heavy (non-hydrogen) atoms. The number of hydrogen-bond acceptors (Lipinski definition) is 9. The van der Waals surface area contributed by atoms with Gasteiger partial charge in [-0.15, -0.1) is 0 Å². The van der Waals surface area contributed by atoms with Crippen LogP contribution >= 0.6 is 11.8 Å². The largest absolute Gasteiger partial charge is 0.356 e. The number of thioether (sulfide) groups is 1. The van der Waals surface area contributed by atoms with Crippen LogP contribution in [0.2, 0.25) is 0 Å². The number of likely N-dealkylation sites (tertiary alicyclic amines) is 1. The molecule has 0 radical (unpaired) electrons. The molecule has 0 aromatic heterocycles. The number of nitrogens with zero attached hydrogens (tertiary/aromatic N) is 2. The Morgan fingerprint density at radius 3 is 1.85 bits per heavy atom. The molecule has 8 amide bonds. The Labute approximate surface area is 312 Å². The van der Waals surface area contributed by atoms with Gasteiger partial charge >= 0.3 is 0 Å². The SMILES string of the molecule is CC(C)SCCC(=O)NCCCCCCNC(=O)[C@H](CCCCNC(=O)CCN1C(=O)C=CC1=O)NC(=O)CCN1C(=O)CC(C(C)C(C)C)C1=O. The lowest BCUT2D eigenvalue weighted by Crippen LogP contribution is -2.47. The van der Waals surface area contributed by atoms with Crippen LogP contribution in [0.5, 0.6) is 0 Å². The second-order valence-corrected chi connectivity index (χ2v) is 15.8. The molecule has 0 aromatic rings. The number of carbonyl (C=O) groups excluding carboxylic acids is 8. The van der Waals surface area contributed by atoms with E-state index in [9.17, 15) is 38.4 Å². The first-order valence-corrected chi connectivity index (χ1v) is 19.9. The zero-order valence-corrected chi connectivity index (χ0v) is 32.4. The van der Waals surface area contributed by atoms with Crippen LogP contribution in [0, 0.1) is 17.8 Å². The fourth-order valence-electron chi connectivity index (χ4n) is 5.86. The van der Waals surface area contributed by atoms with Crippen molar-refractivity contribution in [3.05, 3.63) is 12.2 Å². The second kappa shape index (κ2) is 23.7. The molecule has 15 heteroatoms. The molecule has 0 spiro atoms. The van der Waals surface area contributed by atoms with E-state index >= 15 is 0 Å². The molecule has 292 valence electrons. The van der Waals surface area contributed by atoms with Crippen LogP contribution in [0.15, 0.2) is 12.2 Å². The zero-order chi connectivity index (χ0) is 38.6. The summed E-state index contributed by atoms with van der Waals surface area (Å²) in [5.74, 6) is -1.78. The van der Waals surface area contributed by atoms with Crippen LogP contribution in [-0.4, -0.2) is 107 Å². The normalized spacial score (nSPS) is 16.9. The van der Waals surface area contributed by atoms with E-state index < -0.39 is 29.7 Å². The Kier molecular flexibility index (Phi) is 20.3. The van der Waals surface area contributed by atoms with Crippen molar-refractivity contribution >= 4 is 59.0 Å². The van der Waals surface area contributed by atoms with Crippen molar-refractivity contribution < 1.29 is 38.4 Å². The van der Waals surface area contributed by atoms with Gasteiger partial charge in [-0.05, 0) is 49.2 Å². The fraction of sp³-hybridized carbons (Fsp3) is 0.730. The molecular formula is C37H60N6O8S. The topological polar surface area (TPSA) is 191 Å². The lowest BCUT2D eigenvalue weighted by atomic mass is 9.84. The standard InChI is InChI=1S/C37H60N6O8S/c1-25(2)27(5)28-24-35(49)43(37(28)51)22-16-32(46)41-29(12-8-11-19-38-30(44)15-21-42-33(47)13-14-34(42)48)36(50)40-20-10-7-6-9-18-39-31(45)17-23-52-26(3)4/h13-14,25-29H,6-12,15-24H2,1-5H3,(H,38,44)(H,39,45)(H,40,50)(H,41,46)/t27?,28?,29-/m0/s1. The smallest absolute Gasteiger partial charge is 0.253 e. The third kappa shape index (κ3) is 16.3. The Morgan fingerprint density at radius 1 is 0.712 bits per heavy atom. The van der Waals surface area contributed by atoms with Gasteiger partial charge in [-0.2, -0.15) is 11.8 Å². The van der Waals surface area contributed by atoms with Gasteiger partial charge in [0.1, 0.15) is 6.04 Å². The summed E-state index contributed by atoms with van der Waals surface area (Å²) in [5.41, 5.74) is 0. The molecule has 4 N–H and O–H groups in total. The Balaban J connectivity index is 1.78. The molecule has 1 saturated heterocycles. The maximum absolute atomic E-state index is 13.2. The quantitative estimate of drug-likeness (QED) is 0.0761. The van der Waals surface area contributed by atoms with Gasteiger partial charge in [-0.3, -0.25) is 48.2 Å². The van der Waals surface area contributed by atoms with Crippen LogP contribution in [0.3, 0.4) is 0 Å².